The van der Waals surface area contributed by atoms with Crippen LogP contribution in [-0.2, 0) is 13.1 Å². The normalized spacial score (nSPS) is 23.4. The van der Waals surface area contributed by atoms with Gasteiger partial charge in [-0.1, -0.05) is 0 Å². The molecular formula is C17H24IN3O4S. The molecule has 0 heterocycles. The van der Waals surface area contributed by atoms with Gasteiger partial charge in [0.1, 0.15) is 41.0 Å². The molecule has 1 aromatic carbocycles. The van der Waals surface area contributed by atoms with Crippen molar-refractivity contribution in [3.05, 3.63) is 23.8 Å². The van der Waals surface area contributed by atoms with Gasteiger partial charge in [0.2, 0.25) is 10.0 Å². The van der Waals surface area contributed by atoms with Crippen LogP contribution in [0.15, 0.2) is 23.1 Å². The molecule has 1 fully saturated rings. The molecule has 2 N–H and O–H groups in total. The Morgan fingerprint density at radius 2 is 2.08 bits per heavy atom. The fraction of sp³-hybridized carbons (Fsp3) is 0.588. The third kappa shape index (κ3) is 5.29. The van der Waals surface area contributed by atoms with Crippen LogP contribution in [0.4, 0.5) is 0 Å². The third-order valence-corrected chi connectivity index (χ3v) is 6.43. The first-order valence-corrected chi connectivity index (χ1v) is 10.9. The van der Waals surface area contributed by atoms with Gasteiger partial charge in [-0.05, 0) is 63.3 Å². The minimum Gasteiger partial charge on any atom is -0.494 e. The molecule has 2 rings (SSSR count). The Kier molecular flexibility index (Phi) is 7.66. The first kappa shape index (κ1) is 21.4. The van der Waals surface area contributed by atoms with E-state index >= 15 is 0 Å². The van der Waals surface area contributed by atoms with Gasteiger partial charge in [0, 0.05) is 6.04 Å². The number of rotatable bonds is 8. The molecule has 1 saturated carbocycles. The lowest BCUT2D eigenvalue weighted by Gasteiger charge is -2.35. The number of nitrogens with one attached hydrogen (secondary N) is 2. The Morgan fingerprint density at radius 3 is 2.62 bits per heavy atom. The highest BCUT2D eigenvalue weighted by atomic mass is 127. The second-order valence-electron chi connectivity index (χ2n) is 6.38. The standard InChI is InChI=1S/C17H24IN3O4S/c1-3-24-16-5-4-15(10-13(16)2)26(22,23)21-14-6-8-17(11-19,9-7-14)20-12-25-18/h4-5,10,14,20-21H,3,6-9,12H2,1-2H3. The fourth-order valence-corrected chi connectivity index (χ4v) is 4.66. The average molecular weight is 493 g/mol. The monoisotopic (exact) mass is 493 g/mol. The van der Waals surface area contributed by atoms with Gasteiger partial charge in [-0.25, -0.2) is 13.1 Å². The number of hydrogen-bond acceptors (Lipinski definition) is 6. The molecule has 0 saturated heterocycles. The maximum atomic E-state index is 12.7. The number of ether oxygens (including phenoxy) is 1. The molecule has 9 heteroatoms. The summed E-state index contributed by atoms with van der Waals surface area (Å²) in [5.74, 6) is 0.687. The molecule has 144 valence electrons. The number of aryl methyl sites for hydroxylation is 1. The molecule has 1 aliphatic carbocycles. The van der Waals surface area contributed by atoms with E-state index < -0.39 is 15.6 Å². The zero-order valence-electron chi connectivity index (χ0n) is 14.9. The largest absolute Gasteiger partial charge is 0.494 e. The van der Waals surface area contributed by atoms with Gasteiger partial charge in [-0.15, -0.1) is 0 Å². The number of sulfonamides is 1. The number of benzene rings is 1. The molecule has 0 spiro atoms. The number of nitrogens with zero attached hydrogens (tertiary/aromatic N) is 1. The summed E-state index contributed by atoms with van der Waals surface area (Å²) in [6.45, 7) is 4.53. The van der Waals surface area contributed by atoms with E-state index in [-0.39, 0.29) is 17.7 Å². The summed E-state index contributed by atoms with van der Waals surface area (Å²) in [5, 5.41) is 12.5. The molecule has 1 aliphatic rings. The maximum Gasteiger partial charge on any atom is 0.240 e. The van der Waals surface area contributed by atoms with Crippen LogP contribution in [0, 0.1) is 18.3 Å². The summed E-state index contributed by atoms with van der Waals surface area (Å²) in [4.78, 5) is 0.229. The highest BCUT2D eigenvalue weighted by Crippen LogP contribution is 2.29. The SMILES string of the molecule is CCOc1ccc(S(=O)(=O)NC2CCC(C#N)(NCOI)CC2)cc1C. The van der Waals surface area contributed by atoms with Gasteiger partial charge in [-0.3, -0.25) is 5.32 Å². The molecule has 0 bridgehead atoms. The molecular weight excluding hydrogens is 469 g/mol. The van der Waals surface area contributed by atoms with Crippen molar-refractivity contribution in [2.24, 2.45) is 0 Å². The smallest absolute Gasteiger partial charge is 0.240 e. The Labute approximate surface area is 169 Å². The van der Waals surface area contributed by atoms with Crippen molar-refractivity contribution in [3.63, 3.8) is 0 Å². The van der Waals surface area contributed by atoms with Crippen molar-refractivity contribution in [3.8, 4) is 11.8 Å². The van der Waals surface area contributed by atoms with Gasteiger partial charge in [0.25, 0.3) is 0 Å². The average Bonchev–Trinajstić information content (AvgIpc) is 2.63. The van der Waals surface area contributed by atoms with Crippen LogP contribution in [0.25, 0.3) is 0 Å². The zero-order valence-corrected chi connectivity index (χ0v) is 17.9. The van der Waals surface area contributed by atoms with Crippen molar-refractivity contribution in [1.29, 1.82) is 5.26 Å². The van der Waals surface area contributed by atoms with Crippen LogP contribution >= 0.6 is 23.0 Å². The molecule has 7 nitrogen and oxygen atoms in total. The van der Waals surface area contributed by atoms with Crippen molar-refractivity contribution in [2.75, 3.05) is 13.3 Å². The quantitative estimate of drug-likeness (QED) is 0.427. The van der Waals surface area contributed by atoms with Gasteiger partial charge in [0.15, 0.2) is 0 Å². The molecule has 0 amide bonds. The molecule has 0 aromatic heterocycles. The van der Waals surface area contributed by atoms with Gasteiger partial charge >= 0.3 is 0 Å². The summed E-state index contributed by atoms with van der Waals surface area (Å²) in [7, 11) is -3.61. The summed E-state index contributed by atoms with van der Waals surface area (Å²) in [5.41, 5.74) is 0.132. The zero-order chi connectivity index (χ0) is 19.2. The lowest BCUT2D eigenvalue weighted by Crippen LogP contribution is -2.50. The predicted molar refractivity (Wildman–Crippen MR) is 106 cm³/mol. The molecule has 1 aromatic rings. The minimum atomic E-state index is -3.61. The Balaban J connectivity index is 2.02. The second kappa shape index (κ2) is 9.32. The van der Waals surface area contributed by atoms with Crippen molar-refractivity contribution in [1.82, 2.24) is 10.0 Å². The Morgan fingerprint density at radius 1 is 1.38 bits per heavy atom. The van der Waals surface area contributed by atoms with Crippen LogP contribution < -0.4 is 14.8 Å². The summed E-state index contributed by atoms with van der Waals surface area (Å²) in [6.07, 6.45) is 2.33. The van der Waals surface area contributed by atoms with E-state index in [1.54, 1.807) is 41.2 Å². The van der Waals surface area contributed by atoms with E-state index in [1.807, 2.05) is 13.8 Å². The molecule has 0 unspecified atom stereocenters. The topological polar surface area (TPSA) is 100 Å². The summed E-state index contributed by atoms with van der Waals surface area (Å²) in [6, 6.07) is 6.98. The first-order chi connectivity index (χ1) is 12.4. The molecule has 0 atom stereocenters. The Bertz CT molecular complexity index is 756. The van der Waals surface area contributed by atoms with Gasteiger partial charge in [-0.2, -0.15) is 5.26 Å². The molecule has 0 aliphatic heterocycles. The van der Waals surface area contributed by atoms with Gasteiger partial charge < -0.3 is 7.80 Å². The summed E-state index contributed by atoms with van der Waals surface area (Å²) >= 11 is 1.77. The molecule has 26 heavy (non-hydrogen) atoms. The van der Waals surface area contributed by atoms with Crippen LogP contribution in [0.3, 0.4) is 0 Å². The van der Waals surface area contributed by atoms with E-state index in [4.69, 9.17) is 7.80 Å². The lowest BCUT2D eigenvalue weighted by molar-refractivity contribution is 0.224. The first-order valence-electron chi connectivity index (χ1n) is 8.51. The molecule has 0 radical (unpaired) electrons. The van der Waals surface area contributed by atoms with Crippen LogP contribution in [-0.4, -0.2) is 33.3 Å². The van der Waals surface area contributed by atoms with Crippen LogP contribution in [0.5, 0.6) is 5.75 Å². The van der Waals surface area contributed by atoms with Crippen molar-refractivity contribution < 1.29 is 16.2 Å². The minimum absolute atomic E-state index is 0.185. The fourth-order valence-electron chi connectivity index (χ4n) is 3.12. The maximum absolute atomic E-state index is 12.7. The van der Waals surface area contributed by atoms with E-state index in [1.165, 1.54) is 0 Å². The van der Waals surface area contributed by atoms with E-state index in [0.29, 0.717) is 38.0 Å². The summed E-state index contributed by atoms with van der Waals surface area (Å²) < 4.78 is 38.5. The second-order valence-corrected chi connectivity index (χ2v) is 8.72. The van der Waals surface area contributed by atoms with E-state index in [2.05, 4.69) is 16.1 Å². The highest BCUT2D eigenvalue weighted by Gasteiger charge is 2.36. The van der Waals surface area contributed by atoms with Gasteiger partial charge in [0.05, 0.1) is 17.6 Å². The third-order valence-electron chi connectivity index (χ3n) is 4.60. The van der Waals surface area contributed by atoms with Crippen LogP contribution in [0.2, 0.25) is 0 Å². The number of halogens is 1. The van der Waals surface area contributed by atoms with Crippen molar-refractivity contribution in [2.45, 2.75) is 56.0 Å². The van der Waals surface area contributed by atoms with E-state index in [0.717, 1.165) is 5.56 Å². The highest BCUT2D eigenvalue weighted by molar-refractivity contribution is 14.1. The van der Waals surface area contributed by atoms with Crippen molar-refractivity contribution >= 4 is 33.0 Å². The number of hydrogen-bond donors (Lipinski definition) is 2. The van der Waals surface area contributed by atoms with E-state index in [9.17, 15) is 13.7 Å². The predicted octanol–water partition coefficient (Wildman–Crippen LogP) is 2.79. The number of nitriles is 1. The Hall–Kier alpha value is -0.930. The van der Waals surface area contributed by atoms with Crippen LogP contribution in [0.1, 0.15) is 38.2 Å². The lowest BCUT2D eigenvalue weighted by atomic mass is 9.81.